The van der Waals surface area contributed by atoms with Crippen molar-refractivity contribution in [3.05, 3.63) is 12.7 Å². The van der Waals surface area contributed by atoms with E-state index in [-0.39, 0.29) is 23.8 Å². The number of carbonyl (C=O) groups is 1. The molecule has 3 nitrogen and oxygen atoms in total. The van der Waals surface area contributed by atoms with Crippen LogP contribution in [0.5, 0.6) is 0 Å². The Morgan fingerprint density at radius 1 is 1.75 bits per heavy atom. The molecule has 0 amide bonds. The van der Waals surface area contributed by atoms with Gasteiger partial charge in [0.05, 0.1) is 5.60 Å². The van der Waals surface area contributed by atoms with E-state index in [1.165, 1.54) is 6.92 Å². The van der Waals surface area contributed by atoms with E-state index < -0.39 is 0 Å². The summed E-state index contributed by atoms with van der Waals surface area (Å²) in [4.78, 5) is 10.6. The zero-order valence-corrected chi connectivity index (χ0v) is 7.66. The molecule has 1 aliphatic rings. The number of esters is 1. The molecule has 1 saturated heterocycles. The van der Waals surface area contributed by atoms with Gasteiger partial charge in [-0.3, -0.25) is 4.79 Å². The largest absolute Gasteiger partial charge is 0.455 e. The fourth-order valence-electron chi connectivity index (χ4n) is 1.18. The van der Waals surface area contributed by atoms with Crippen LogP contribution in [-0.4, -0.2) is 23.8 Å². The second-order valence-electron chi connectivity index (χ2n) is 3.45. The number of hydrogen-bond donors (Lipinski definition) is 0. The van der Waals surface area contributed by atoms with Gasteiger partial charge in [-0.05, 0) is 19.9 Å². The molecule has 3 heteroatoms. The summed E-state index contributed by atoms with van der Waals surface area (Å²) >= 11 is 0. The first-order valence-corrected chi connectivity index (χ1v) is 3.95. The van der Waals surface area contributed by atoms with Gasteiger partial charge >= 0.3 is 5.97 Å². The molecular formula is C9H14O3. The number of ether oxygens (including phenoxy) is 2. The van der Waals surface area contributed by atoms with Gasteiger partial charge < -0.3 is 9.47 Å². The van der Waals surface area contributed by atoms with Crippen molar-refractivity contribution in [1.29, 1.82) is 0 Å². The Morgan fingerprint density at radius 2 is 2.25 bits per heavy atom. The first kappa shape index (κ1) is 9.26. The molecule has 1 aliphatic heterocycles. The van der Waals surface area contributed by atoms with Gasteiger partial charge in [0.1, 0.15) is 12.2 Å². The number of rotatable bonds is 3. The van der Waals surface area contributed by atoms with E-state index in [9.17, 15) is 4.79 Å². The van der Waals surface area contributed by atoms with Crippen LogP contribution < -0.4 is 0 Å². The topological polar surface area (TPSA) is 38.8 Å². The minimum absolute atomic E-state index is 0.0288. The lowest BCUT2D eigenvalue weighted by atomic mass is 10.1. The second-order valence-corrected chi connectivity index (χ2v) is 3.45. The van der Waals surface area contributed by atoms with Crippen molar-refractivity contribution in [1.82, 2.24) is 0 Å². The van der Waals surface area contributed by atoms with Crippen LogP contribution >= 0.6 is 0 Å². The first-order valence-electron chi connectivity index (χ1n) is 3.95. The molecule has 0 saturated carbocycles. The van der Waals surface area contributed by atoms with E-state index in [0.717, 1.165) is 0 Å². The molecule has 0 aliphatic carbocycles. The molecule has 2 atom stereocenters. The van der Waals surface area contributed by atoms with Crippen LogP contribution in [-0.2, 0) is 14.3 Å². The highest BCUT2D eigenvalue weighted by Crippen LogP contribution is 2.39. The summed E-state index contributed by atoms with van der Waals surface area (Å²) in [5.74, 6) is -0.300. The van der Waals surface area contributed by atoms with E-state index in [1.54, 1.807) is 6.08 Å². The van der Waals surface area contributed by atoms with Crippen LogP contribution in [0.3, 0.4) is 0 Å². The van der Waals surface area contributed by atoms with Crippen molar-refractivity contribution in [2.45, 2.75) is 38.6 Å². The van der Waals surface area contributed by atoms with Crippen molar-refractivity contribution >= 4 is 5.97 Å². The maximum absolute atomic E-state index is 10.6. The van der Waals surface area contributed by atoms with Crippen molar-refractivity contribution in [3.8, 4) is 0 Å². The highest BCUT2D eigenvalue weighted by Gasteiger charge is 2.53. The van der Waals surface area contributed by atoms with Crippen LogP contribution in [0, 0.1) is 0 Å². The fourth-order valence-corrected chi connectivity index (χ4v) is 1.18. The molecule has 0 spiro atoms. The standard InChI is InChI=1S/C9H14O3/c1-5-7(11-6(2)10)8-9(3,4)12-8/h5,7-8H,1H2,2-4H3/t7-,8-/m1/s1. The SMILES string of the molecule is C=C[C@@H](OC(C)=O)[C@H]1OC1(C)C. The molecule has 1 heterocycles. The molecule has 0 aromatic carbocycles. The molecule has 1 fully saturated rings. The van der Waals surface area contributed by atoms with Crippen molar-refractivity contribution in [2.75, 3.05) is 0 Å². The Kier molecular flexibility index (Phi) is 2.24. The molecule has 68 valence electrons. The summed E-state index contributed by atoms with van der Waals surface area (Å²) in [5.41, 5.74) is -0.172. The van der Waals surface area contributed by atoms with E-state index in [0.29, 0.717) is 0 Å². The molecule has 1 rings (SSSR count). The van der Waals surface area contributed by atoms with Gasteiger partial charge in [-0.25, -0.2) is 0 Å². The number of hydrogen-bond acceptors (Lipinski definition) is 3. The lowest BCUT2D eigenvalue weighted by molar-refractivity contribution is -0.144. The lowest BCUT2D eigenvalue weighted by Gasteiger charge is -2.10. The average Bonchev–Trinajstić information content (AvgIpc) is 2.54. The first-order chi connectivity index (χ1) is 5.47. The molecule has 0 aromatic rings. The van der Waals surface area contributed by atoms with Crippen LogP contribution in [0.1, 0.15) is 20.8 Å². The maximum atomic E-state index is 10.6. The molecular weight excluding hydrogens is 156 g/mol. The third kappa shape index (κ3) is 1.85. The van der Waals surface area contributed by atoms with Gasteiger partial charge in [0.15, 0.2) is 0 Å². The van der Waals surface area contributed by atoms with Crippen molar-refractivity contribution in [2.24, 2.45) is 0 Å². The Bertz CT molecular complexity index is 208. The summed E-state index contributed by atoms with van der Waals surface area (Å²) < 4.78 is 10.3. The van der Waals surface area contributed by atoms with E-state index in [2.05, 4.69) is 6.58 Å². The quantitative estimate of drug-likeness (QED) is 0.364. The van der Waals surface area contributed by atoms with E-state index in [4.69, 9.17) is 9.47 Å². The Labute approximate surface area is 72.4 Å². The summed E-state index contributed by atoms with van der Waals surface area (Å²) in [6.07, 6.45) is 1.26. The third-order valence-electron chi connectivity index (χ3n) is 1.89. The van der Waals surface area contributed by atoms with E-state index >= 15 is 0 Å². The predicted molar refractivity (Wildman–Crippen MR) is 44.7 cm³/mol. The molecule has 0 N–H and O–H groups in total. The van der Waals surface area contributed by atoms with Crippen molar-refractivity contribution in [3.63, 3.8) is 0 Å². The number of epoxide rings is 1. The predicted octanol–water partition coefficient (Wildman–Crippen LogP) is 1.28. The average molecular weight is 170 g/mol. The van der Waals surface area contributed by atoms with Gasteiger partial charge in [-0.2, -0.15) is 0 Å². The van der Waals surface area contributed by atoms with Gasteiger partial charge in [0.2, 0.25) is 0 Å². The lowest BCUT2D eigenvalue weighted by Crippen LogP contribution is -2.23. The fraction of sp³-hybridized carbons (Fsp3) is 0.667. The van der Waals surface area contributed by atoms with E-state index in [1.807, 2.05) is 13.8 Å². The molecule has 12 heavy (non-hydrogen) atoms. The monoisotopic (exact) mass is 170 g/mol. The van der Waals surface area contributed by atoms with Crippen molar-refractivity contribution < 1.29 is 14.3 Å². The summed E-state index contributed by atoms with van der Waals surface area (Å²) in [6.45, 7) is 8.88. The highest BCUT2D eigenvalue weighted by atomic mass is 16.6. The molecule has 0 unspecified atom stereocenters. The van der Waals surface area contributed by atoms with Gasteiger partial charge in [-0.15, -0.1) is 0 Å². The van der Waals surface area contributed by atoms with Crippen LogP contribution in [0.25, 0.3) is 0 Å². The van der Waals surface area contributed by atoms with Gasteiger partial charge in [-0.1, -0.05) is 6.58 Å². The second kappa shape index (κ2) is 2.90. The number of carbonyl (C=O) groups excluding carboxylic acids is 1. The Morgan fingerprint density at radius 3 is 2.50 bits per heavy atom. The molecule has 0 bridgehead atoms. The van der Waals surface area contributed by atoms with Gasteiger partial charge in [0.25, 0.3) is 0 Å². The maximum Gasteiger partial charge on any atom is 0.303 e. The van der Waals surface area contributed by atoms with Gasteiger partial charge in [0, 0.05) is 6.92 Å². The summed E-state index contributed by atoms with van der Waals surface area (Å²) in [7, 11) is 0. The Balaban J connectivity index is 2.48. The zero-order valence-electron chi connectivity index (χ0n) is 7.66. The minimum atomic E-state index is -0.308. The summed E-state index contributed by atoms with van der Waals surface area (Å²) in [5, 5.41) is 0. The molecule has 0 aromatic heterocycles. The molecule has 0 radical (unpaired) electrons. The minimum Gasteiger partial charge on any atom is -0.455 e. The third-order valence-corrected chi connectivity index (χ3v) is 1.89. The highest BCUT2D eigenvalue weighted by molar-refractivity contribution is 5.66. The Hall–Kier alpha value is -0.830. The smallest absolute Gasteiger partial charge is 0.303 e. The van der Waals surface area contributed by atoms with Crippen LogP contribution in [0.4, 0.5) is 0 Å². The van der Waals surface area contributed by atoms with Crippen LogP contribution in [0.15, 0.2) is 12.7 Å². The summed E-state index contributed by atoms with van der Waals surface area (Å²) in [6, 6.07) is 0. The zero-order chi connectivity index (χ0) is 9.35. The normalized spacial score (nSPS) is 27.4. The van der Waals surface area contributed by atoms with Crippen LogP contribution in [0.2, 0.25) is 0 Å².